The molecule has 1 aromatic rings. The van der Waals surface area contributed by atoms with Crippen LogP contribution in [0.4, 0.5) is 0 Å². The Morgan fingerprint density at radius 3 is 2.94 bits per heavy atom. The second kappa shape index (κ2) is 5.45. The predicted octanol–water partition coefficient (Wildman–Crippen LogP) is 2.53. The molecule has 0 radical (unpaired) electrons. The zero-order valence-electron chi connectivity index (χ0n) is 9.90. The second-order valence-electron chi connectivity index (χ2n) is 4.30. The minimum Gasteiger partial charge on any atom is -0.334 e. The topological polar surface area (TPSA) is 46.1 Å². The number of halogens is 1. The van der Waals surface area contributed by atoms with E-state index in [1.165, 1.54) is 6.42 Å². The van der Waals surface area contributed by atoms with Gasteiger partial charge in [0.15, 0.2) is 10.8 Å². The van der Waals surface area contributed by atoms with Crippen LogP contribution in [0.25, 0.3) is 0 Å². The van der Waals surface area contributed by atoms with Gasteiger partial charge in [-0.05, 0) is 37.8 Å². The number of aromatic nitrogens is 2. The van der Waals surface area contributed by atoms with E-state index in [1.807, 2.05) is 4.90 Å². The zero-order valence-corrected chi connectivity index (χ0v) is 10.7. The van der Waals surface area contributed by atoms with Crippen LogP contribution in [0.3, 0.4) is 0 Å². The largest absolute Gasteiger partial charge is 0.334 e. The lowest BCUT2D eigenvalue weighted by Crippen LogP contribution is -2.43. The van der Waals surface area contributed by atoms with E-state index in [4.69, 9.17) is 11.6 Å². The number of nitrogens with zero attached hydrogens (tertiary/aromatic N) is 3. The SMILES string of the molecule is CCC1CCCCN1C(=O)c1ccc(Cl)nn1. The van der Waals surface area contributed by atoms with E-state index in [9.17, 15) is 4.79 Å². The van der Waals surface area contributed by atoms with Crippen LogP contribution in [0.5, 0.6) is 0 Å². The van der Waals surface area contributed by atoms with Gasteiger partial charge in [-0.3, -0.25) is 4.79 Å². The molecule has 2 heterocycles. The summed E-state index contributed by atoms with van der Waals surface area (Å²) in [6.45, 7) is 2.94. The Balaban J connectivity index is 2.15. The Morgan fingerprint density at radius 2 is 2.29 bits per heavy atom. The van der Waals surface area contributed by atoms with Gasteiger partial charge in [-0.25, -0.2) is 0 Å². The fourth-order valence-electron chi connectivity index (χ4n) is 2.27. The summed E-state index contributed by atoms with van der Waals surface area (Å²) >= 11 is 5.66. The Morgan fingerprint density at radius 1 is 1.47 bits per heavy atom. The molecule has 17 heavy (non-hydrogen) atoms. The van der Waals surface area contributed by atoms with Gasteiger partial charge in [-0.2, -0.15) is 0 Å². The lowest BCUT2D eigenvalue weighted by atomic mass is 9.99. The predicted molar refractivity (Wildman–Crippen MR) is 66.0 cm³/mol. The van der Waals surface area contributed by atoms with Crippen molar-refractivity contribution in [3.8, 4) is 0 Å². The zero-order chi connectivity index (χ0) is 12.3. The van der Waals surface area contributed by atoms with E-state index >= 15 is 0 Å². The smallest absolute Gasteiger partial charge is 0.274 e. The van der Waals surface area contributed by atoms with Crippen molar-refractivity contribution in [3.05, 3.63) is 23.0 Å². The molecule has 1 fully saturated rings. The minimum absolute atomic E-state index is 0.0271. The number of rotatable bonds is 2. The van der Waals surface area contributed by atoms with Gasteiger partial charge in [0.05, 0.1) is 0 Å². The Kier molecular flexibility index (Phi) is 3.94. The Bertz CT molecular complexity index is 393. The van der Waals surface area contributed by atoms with Gasteiger partial charge >= 0.3 is 0 Å². The van der Waals surface area contributed by atoms with E-state index in [-0.39, 0.29) is 5.91 Å². The van der Waals surface area contributed by atoms with E-state index in [2.05, 4.69) is 17.1 Å². The number of carbonyl (C=O) groups excluding carboxylic acids is 1. The number of piperidine rings is 1. The van der Waals surface area contributed by atoms with Crippen molar-refractivity contribution in [1.29, 1.82) is 0 Å². The normalized spacial score (nSPS) is 20.4. The third-order valence-corrected chi connectivity index (χ3v) is 3.41. The average molecular weight is 254 g/mol. The van der Waals surface area contributed by atoms with Crippen molar-refractivity contribution < 1.29 is 4.79 Å². The number of likely N-dealkylation sites (tertiary alicyclic amines) is 1. The quantitative estimate of drug-likeness (QED) is 0.814. The molecule has 4 nitrogen and oxygen atoms in total. The molecule has 0 aliphatic carbocycles. The Labute approximate surface area is 106 Å². The third kappa shape index (κ3) is 2.75. The minimum atomic E-state index is -0.0271. The van der Waals surface area contributed by atoms with Gasteiger partial charge in [0.1, 0.15) is 0 Å². The lowest BCUT2D eigenvalue weighted by molar-refractivity contribution is 0.0600. The highest BCUT2D eigenvalue weighted by molar-refractivity contribution is 6.29. The van der Waals surface area contributed by atoms with Crippen LogP contribution < -0.4 is 0 Å². The standard InChI is InChI=1S/C12H16ClN3O/c1-2-9-5-3-4-8-16(9)12(17)10-6-7-11(13)15-14-10/h6-7,9H,2-5,8H2,1H3. The average Bonchev–Trinajstić information content (AvgIpc) is 2.39. The van der Waals surface area contributed by atoms with Gasteiger partial charge in [0.2, 0.25) is 0 Å². The van der Waals surface area contributed by atoms with Crippen molar-refractivity contribution >= 4 is 17.5 Å². The van der Waals surface area contributed by atoms with Crippen molar-refractivity contribution in [2.75, 3.05) is 6.54 Å². The highest BCUT2D eigenvalue weighted by Gasteiger charge is 2.26. The summed E-state index contributed by atoms with van der Waals surface area (Å²) in [6.07, 6.45) is 4.36. The molecule has 0 aromatic carbocycles. The molecule has 1 aliphatic heterocycles. The first-order chi connectivity index (χ1) is 8.22. The lowest BCUT2D eigenvalue weighted by Gasteiger charge is -2.34. The maximum Gasteiger partial charge on any atom is 0.274 e. The molecule has 1 atom stereocenters. The first kappa shape index (κ1) is 12.3. The fraction of sp³-hybridized carbons (Fsp3) is 0.583. The summed E-state index contributed by atoms with van der Waals surface area (Å²) < 4.78 is 0. The highest BCUT2D eigenvalue weighted by atomic mass is 35.5. The van der Waals surface area contributed by atoms with Crippen molar-refractivity contribution in [2.45, 2.75) is 38.6 Å². The molecule has 1 aromatic heterocycles. The van der Waals surface area contributed by atoms with E-state index in [1.54, 1.807) is 12.1 Å². The molecule has 1 saturated heterocycles. The maximum absolute atomic E-state index is 12.3. The van der Waals surface area contributed by atoms with E-state index in [0.29, 0.717) is 16.9 Å². The van der Waals surface area contributed by atoms with Gasteiger partial charge in [0.25, 0.3) is 5.91 Å². The summed E-state index contributed by atoms with van der Waals surface area (Å²) in [4.78, 5) is 14.2. The summed E-state index contributed by atoms with van der Waals surface area (Å²) in [5.74, 6) is -0.0271. The Hall–Kier alpha value is -1.16. The molecule has 1 aliphatic rings. The second-order valence-corrected chi connectivity index (χ2v) is 4.68. The van der Waals surface area contributed by atoms with Crippen molar-refractivity contribution in [2.24, 2.45) is 0 Å². The van der Waals surface area contributed by atoms with Crippen LogP contribution in [0.2, 0.25) is 5.15 Å². The molecule has 1 amide bonds. The molecular formula is C12H16ClN3O. The number of amides is 1. The molecular weight excluding hydrogens is 238 g/mol. The molecule has 5 heteroatoms. The molecule has 0 saturated carbocycles. The summed E-state index contributed by atoms with van der Waals surface area (Å²) in [5.41, 5.74) is 0.384. The summed E-state index contributed by atoms with van der Waals surface area (Å²) in [6, 6.07) is 3.58. The van der Waals surface area contributed by atoms with Gasteiger partial charge in [0, 0.05) is 12.6 Å². The molecule has 0 bridgehead atoms. The van der Waals surface area contributed by atoms with Crippen LogP contribution in [0.1, 0.15) is 43.1 Å². The van der Waals surface area contributed by atoms with E-state index < -0.39 is 0 Å². The van der Waals surface area contributed by atoms with Crippen LogP contribution in [-0.2, 0) is 0 Å². The summed E-state index contributed by atoms with van der Waals surface area (Å²) in [5, 5.41) is 7.88. The van der Waals surface area contributed by atoms with Gasteiger partial charge in [-0.1, -0.05) is 18.5 Å². The highest BCUT2D eigenvalue weighted by Crippen LogP contribution is 2.21. The third-order valence-electron chi connectivity index (χ3n) is 3.21. The number of carbonyl (C=O) groups is 1. The van der Waals surface area contributed by atoms with Crippen LogP contribution in [0.15, 0.2) is 12.1 Å². The first-order valence-corrected chi connectivity index (χ1v) is 6.40. The first-order valence-electron chi connectivity index (χ1n) is 6.02. The van der Waals surface area contributed by atoms with Gasteiger partial charge < -0.3 is 4.90 Å². The van der Waals surface area contributed by atoms with Gasteiger partial charge in [-0.15, -0.1) is 10.2 Å². The monoisotopic (exact) mass is 253 g/mol. The molecule has 92 valence electrons. The molecule has 1 unspecified atom stereocenters. The molecule has 0 N–H and O–H groups in total. The van der Waals surface area contributed by atoms with E-state index in [0.717, 1.165) is 25.8 Å². The fourth-order valence-corrected chi connectivity index (χ4v) is 2.37. The van der Waals surface area contributed by atoms with Crippen LogP contribution in [-0.4, -0.2) is 33.6 Å². The van der Waals surface area contributed by atoms with Crippen LogP contribution >= 0.6 is 11.6 Å². The van der Waals surface area contributed by atoms with Crippen molar-refractivity contribution in [1.82, 2.24) is 15.1 Å². The molecule has 0 spiro atoms. The van der Waals surface area contributed by atoms with Crippen molar-refractivity contribution in [3.63, 3.8) is 0 Å². The number of hydrogen-bond donors (Lipinski definition) is 0. The summed E-state index contributed by atoms with van der Waals surface area (Å²) in [7, 11) is 0. The van der Waals surface area contributed by atoms with Crippen LogP contribution in [0, 0.1) is 0 Å². The molecule has 2 rings (SSSR count). The number of hydrogen-bond acceptors (Lipinski definition) is 3. The maximum atomic E-state index is 12.3.